The van der Waals surface area contributed by atoms with E-state index in [0.717, 1.165) is 12.3 Å². The highest BCUT2D eigenvalue weighted by molar-refractivity contribution is 5.21. The van der Waals surface area contributed by atoms with Crippen LogP contribution in [0.3, 0.4) is 0 Å². The normalized spacial score (nSPS) is 11.3. The largest absolute Gasteiger partial charge is 0.417 e. The fraction of sp³-hybridized carbons (Fsp3) is 0.182. The van der Waals surface area contributed by atoms with Crippen molar-refractivity contribution in [1.82, 2.24) is 20.4 Å². The molecule has 0 aromatic carbocycles. The van der Waals surface area contributed by atoms with Crippen LogP contribution in [0.5, 0.6) is 0 Å². The zero-order chi connectivity index (χ0) is 13.7. The Kier molecular flexibility index (Phi) is 3.91. The second-order valence-corrected chi connectivity index (χ2v) is 3.59. The molecule has 5 nitrogen and oxygen atoms in total. The van der Waals surface area contributed by atoms with Gasteiger partial charge in [-0.1, -0.05) is 0 Å². The van der Waals surface area contributed by atoms with E-state index in [4.69, 9.17) is 0 Å². The van der Waals surface area contributed by atoms with Crippen molar-refractivity contribution in [2.45, 2.75) is 12.7 Å². The minimum Gasteiger partial charge on any atom is -0.289 e. The first-order chi connectivity index (χ1) is 9.05. The zero-order valence-corrected chi connectivity index (χ0v) is 9.65. The number of anilines is 1. The van der Waals surface area contributed by atoms with Crippen LogP contribution >= 0.6 is 0 Å². The summed E-state index contributed by atoms with van der Waals surface area (Å²) in [4.78, 5) is 11.5. The van der Waals surface area contributed by atoms with E-state index >= 15 is 0 Å². The Morgan fingerprint density at radius 1 is 1.05 bits per heavy atom. The number of nitrogens with one attached hydrogen (secondary N) is 2. The predicted molar refractivity (Wildman–Crippen MR) is 61.7 cm³/mol. The van der Waals surface area contributed by atoms with Crippen LogP contribution in [0, 0.1) is 0 Å². The average molecular weight is 269 g/mol. The molecule has 0 aliphatic heterocycles. The summed E-state index contributed by atoms with van der Waals surface area (Å²) >= 11 is 0. The van der Waals surface area contributed by atoms with Crippen LogP contribution in [0.4, 0.5) is 19.1 Å². The molecule has 0 unspecified atom stereocenters. The molecule has 2 rings (SSSR count). The van der Waals surface area contributed by atoms with Crippen molar-refractivity contribution < 1.29 is 13.2 Å². The lowest BCUT2D eigenvalue weighted by atomic mass is 10.2. The first-order valence-corrected chi connectivity index (χ1v) is 5.34. The van der Waals surface area contributed by atoms with Crippen LogP contribution in [-0.2, 0) is 12.7 Å². The highest BCUT2D eigenvalue weighted by Crippen LogP contribution is 2.28. The molecule has 0 saturated heterocycles. The van der Waals surface area contributed by atoms with Crippen molar-refractivity contribution in [2.24, 2.45) is 0 Å². The quantitative estimate of drug-likeness (QED) is 0.831. The van der Waals surface area contributed by atoms with E-state index < -0.39 is 11.7 Å². The minimum atomic E-state index is -4.37. The first-order valence-electron chi connectivity index (χ1n) is 5.34. The maximum absolute atomic E-state index is 12.3. The Morgan fingerprint density at radius 3 is 2.37 bits per heavy atom. The van der Waals surface area contributed by atoms with Gasteiger partial charge in [0.15, 0.2) is 0 Å². The summed E-state index contributed by atoms with van der Waals surface area (Å²) in [7, 11) is 0. The van der Waals surface area contributed by atoms with Gasteiger partial charge in [0.1, 0.15) is 0 Å². The van der Waals surface area contributed by atoms with Gasteiger partial charge in [0.2, 0.25) is 5.95 Å². The fourth-order valence-corrected chi connectivity index (χ4v) is 1.27. The van der Waals surface area contributed by atoms with Gasteiger partial charge >= 0.3 is 6.18 Å². The molecule has 8 heteroatoms. The van der Waals surface area contributed by atoms with Crippen molar-refractivity contribution in [3.05, 3.63) is 48.0 Å². The van der Waals surface area contributed by atoms with Gasteiger partial charge in [0.05, 0.1) is 17.8 Å². The third-order valence-corrected chi connectivity index (χ3v) is 2.19. The van der Waals surface area contributed by atoms with Crippen molar-refractivity contribution in [3.8, 4) is 0 Å². The van der Waals surface area contributed by atoms with E-state index in [1.165, 1.54) is 6.07 Å². The van der Waals surface area contributed by atoms with Crippen molar-refractivity contribution in [2.75, 3.05) is 5.43 Å². The van der Waals surface area contributed by atoms with Crippen LogP contribution < -0.4 is 10.9 Å². The van der Waals surface area contributed by atoms with Crippen molar-refractivity contribution >= 4 is 5.95 Å². The Balaban J connectivity index is 1.87. The topological polar surface area (TPSA) is 62.7 Å². The van der Waals surface area contributed by atoms with E-state index in [2.05, 4.69) is 25.8 Å². The second kappa shape index (κ2) is 5.61. The van der Waals surface area contributed by atoms with Gasteiger partial charge in [-0.05, 0) is 18.2 Å². The van der Waals surface area contributed by atoms with Gasteiger partial charge in [-0.3, -0.25) is 10.4 Å². The lowest BCUT2D eigenvalue weighted by Gasteiger charge is -2.08. The number of aromatic nitrogens is 3. The summed E-state index contributed by atoms with van der Waals surface area (Å²) in [5, 5.41) is 0. The van der Waals surface area contributed by atoms with E-state index in [9.17, 15) is 13.2 Å². The van der Waals surface area contributed by atoms with Gasteiger partial charge in [0.25, 0.3) is 0 Å². The van der Waals surface area contributed by atoms with E-state index in [1.807, 2.05) is 0 Å². The maximum atomic E-state index is 12.3. The SMILES string of the molecule is FC(F)(F)c1ccc(CNNc2ncccn2)nc1. The summed E-state index contributed by atoms with van der Waals surface area (Å²) in [5.41, 5.74) is 5.16. The van der Waals surface area contributed by atoms with E-state index in [1.54, 1.807) is 18.5 Å². The summed E-state index contributed by atoms with van der Waals surface area (Å²) in [6.07, 6.45) is -0.439. The lowest BCUT2D eigenvalue weighted by Crippen LogP contribution is -2.23. The van der Waals surface area contributed by atoms with Crippen molar-refractivity contribution in [1.29, 1.82) is 0 Å². The van der Waals surface area contributed by atoms with Crippen LogP contribution in [-0.4, -0.2) is 15.0 Å². The summed E-state index contributed by atoms with van der Waals surface area (Å²) in [6, 6.07) is 3.97. The molecule has 0 aliphatic carbocycles. The fourth-order valence-electron chi connectivity index (χ4n) is 1.27. The molecule has 2 aromatic heterocycles. The third-order valence-electron chi connectivity index (χ3n) is 2.19. The molecule has 0 fully saturated rings. The van der Waals surface area contributed by atoms with Crippen LogP contribution in [0.2, 0.25) is 0 Å². The Hall–Kier alpha value is -2.22. The Labute approximate surface area is 106 Å². The molecule has 0 amide bonds. The number of pyridine rings is 1. The molecular weight excluding hydrogens is 259 g/mol. The number of alkyl halides is 3. The van der Waals surface area contributed by atoms with Crippen LogP contribution in [0.25, 0.3) is 0 Å². The molecule has 0 saturated carbocycles. The highest BCUT2D eigenvalue weighted by Gasteiger charge is 2.30. The molecule has 0 spiro atoms. The molecule has 2 N–H and O–H groups in total. The molecule has 0 atom stereocenters. The number of hydrogen-bond donors (Lipinski definition) is 2. The number of halogens is 3. The standard InChI is InChI=1S/C11H10F3N5/c12-11(13,14)8-2-3-9(17-6-8)7-18-19-10-15-4-1-5-16-10/h1-6,18H,7H2,(H,15,16,19). The molecule has 2 heterocycles. The third kappa shape index (κ3) is 3.88. The molecule has 0 aliphatic rings. The lowest BCUT2D eigenvalue weighted by molar-refractivity contribution is -0.137. The summed E-state index contributed by atoms with van der Waals surface area (Å²) < 4.78 is 36.9. The maximum Gasteiger partial charge on any atom is 0.417 e. The molecule has 0 radical (unpaired) electrons. The molecular formula is C11H10F3N5. The van der Waals surface area contributed by atoms with E-state index in [-0.39, 0.29) is 6.54 Å². The number of rotatable bonds is 4. The van der Waals surface area contributed by atoms with Crippen LogP contribution in [0.1, 0.15) is 11.3 Å². The van der Waals surface area contributed by atoms with Crippen LogP contribution in [0.15, 0.2) is 36.8 Å². The second-order valence-electron chi connectivity index (χ2n) is 3.59. The smallest absolute Gasteiger partial charge is 0.289 e. The van der Waals surface area contributed by atoms with Gasteiger partial charge in [0, 0.05) is 18.6 Å². The number of hydrogen-bond acceptors (Lipinski definition) is 5. The average Bonchev–Trinajstić information content (AvgIpc) is 2.39. The van der Waals surface area contributed by atoms with Gasteiger partial charge in [-0.2, -0.15) is 13.2 Å². The highest BCUT2D eigenvalue weighted by atomic mass is 19.4. The minimum absolute atomic E-state index is 0.246. The summed E-state index contributed by atoms with van der Waals surface area (Å²) in [6.45, 7) is 0.246. The number of hydrazine groups is 1. The molecule has 0 bridgehead atoms. The Morgan fingerprint density at radius 2 is 1.79 bits per heavy atom. The predicted octanol–water partition coefficient (Wildman–Crippen LogP) is 2.01. The monoisotopic (exact) mass is 269 g/mol. The molecule has 2 aromatic rings. The summed E-state index contributed by atoms with van der Waals surface area (Å²) in [5.74, 6) is 0.370. The van der Waals surface area contributed by atoms with Gasteiger partial charge in [-0.15, -0.1) is 0 Å². The molecule has 19 heavy (non-hydrogen) atoms. The Bertz CT molecular complexity index is 512. The van der Waals surface area contributed by atoms with Crippen molar-refractivity contribution in [3.63, 3.8) is 0 Å². The van der Waals surface area contributed by atoms with E-state index in [0.29, 0.717) is 11.6 Å². The van der Waals surface area contributed by atoms with Gasteiger partial charge in [-0.25, -0.2) is 15.4 Å². The first kappa shape index (κ1) is 13.2. The zero-order valence-electron chi connectivity index (χ0n) is 9.65. The molecule has 100 valence electrons. The van der Waals surface area contributed by atoms with Gasteiger partial charge < -0.3 is 0 Å². The number of nitrogens with zero attached hydrogens (tertiary/aromatic N) is 3.